The predicted octanol–water partition coefficient (Wildman–Crippen LogP) is 8.04. The van der Waals surface area contributed by atoms with E-state index in [1.54, 1.807) is 48.5 Å². The number of carbonyl (C=O) groups is 4. The Morgan fingerprint density at radius 2 is 1.24 bits per heavy atom. The van der Waals surface area contributed by atoms with Gasteiger partial charge in [-0.05, 0) is 66.2 Å². The molecule has 2 aromatic heterocycles. The molecular weight excluding hydrogens is 784 g/mol. The van der Waals surface area contributed by atoms with Crippen molar-refractivity contribution in [3.63, 3.8) is 0 Å². The lowest BCUT2D eigenvalue weighted by atomic mass is 9.87. The Kier molecular flexibility index (Phi) is 9.50. The van der Waals surface area contributed by atoms with Crippen LogP contribution in [0.25, 0.3) is 55.2 Å². The van der Waals surface area contributed by atoms with E-state index in [0.29, 0.717) is 33.2 Å². The molecular formula is C43H27ClN4O11. The first kappa shape index (κ1) is 37.9. The summed E-state index contributed by atoms with van der Waals surface area (Å²) in [6, 6.07) is 23.7. The number of hydrogen-bond donors (Lipinski definition) is 7. The Balaban J connectivity index is 1.37. The molecule has 59 heavy (non-hydrogen) atoms. The zero-order chi connectivity index (χ0) is 41.7. The zero-order valence-corrected chi connectivity index (χ0v) is 30.9. The van der Waals surface area contributed by atoms with Crippen LogP contribution in [0.15, 0.2) is 106 Å². The largest absolute Gasteiger partial charge is 0.507 e. The highest BCUT2D eigenvalue weighted by atomic mass is 35.5. The molecule has 1 aliphatic heterocycles. The van der Waals surface area contributed by atoms with Gasteiger partial charge in [0.25, 0.3) is 0 Å². The van der Waals surface area contributed by atoms with E-state index >= 15 is 0 Å². The van der Waals surface area contributed by atoms with Gasteiger partial charge < -0.3 is 40.6 Å². The summed E-state index contributed by atoms with van der Waals surface area (Å²) >= 11 is 6.61. The first-order chi connectivity index (χ1) is 28.3. The molecule has 3 heterocycles. The number of phenols is 1. The number of carboxylic acid groups (broad SMARTS) is 4. The molecule has 0 atom stereocenters. The highest BCUT2D eigenvalue weighted by Gasteiger charge is 2.29. The molecule has 15 nitrogen and oxygen atoms in total. The molecule has 16 heteroatoms. The van der Waals surface area contributed by atoms with Crippen LogP contribution >= 0.6 is 11.6 Å². The van der Waals surface area contributed by atoms with Gasteiger partial charge in [-0.15, -0.1) is 0 Å². The van der Waals surface area contributed by atoms with E-state index in [4.69, 9.17) is 16.0 Å². The zero-order valence-electron chi connectivity index (χ0n) is 30.1. The molecule has 0 spiro atoms. The lowest BCUT2D eigenvalue weighted by Gasteiger charge is -2.22. The van der Waals surface area contributed by atoms with Crippen LogP contribution in [0.2, 0.25) is 5.02 Å². The average molecular weight is 811 g/mol. The van der Waals surface area contributed by atoms with Crippen molar-refractivity contribution in [2.75, 3.05) is 10.6 Å². The number of anilines is 2. The number of nitrogens with one attached hydrogen (secondary N) is 2. The van der Waals surface area contributed by atoms with Gasteiger partial charge in [-0.25, -0.2) is 29.1 Å². The van der Waals surface area contributed by atoms with E-state index in [1.165, 1.54) is 36.4 Å². The molecule has 2 aliphatic rings. The van der Waals surface area contributed by atoms with Gasteiger partial charge in [0, 0.05) is 40.4 Å². The Labute approximate surface area is 335 Å². The maximum absolute atomic E-state index is 14.0. The van der Waals surface area contributed by atoms with Crippen LogP contribution in [-0.2, 0) is 13.1 Å². The number of hydrogen-bond acceptors (Lipinski definition) is 11. The average Bonchev–Trinajstić information content (AvgIpc) is 3.22. The SMILES string of the molecule is O=C(O)c1ccc(C(=O)O)c(-c2c3cc(Cl)c(=O)c(CNc4cccc5ccc(C(=O)O)nc45)c-3oc3c(CNc4cccc5ccc(C(=O)O)nc45)c(O)ccc23)c1. The molecule has 6 aromatic rings. The number of carboxylic acids is 4. The lowest BCUT2D eigenvalue weighted by Crippen LogP contribution is -2.17. The van der Waals surface area contributed by atoms with Crippen molar-refractivity contribution in [1.82, 2.24) is 9.97 Å². The van der Waals surface area contributed by atoms with Crippen molar-refractivity contribution in [3.05, 3.63) is 146 Å². The summed E-state index contributed by atoms with van der Waals surface area (Å²) in [5.41, 5.74) is 0.0450. The van der Waals surface area contributed by atoms with Crippen molar-refractivity contribution >= 4 is 79.6 Å². The smallest absolute Gasteiger partial charge is 0.354 e. The van der Waals surface area contributed by atoms with E-state index < -0.39 is 29.3 Å². The molecule has 7 N–H and O–H groups in total. The second-order valence-electron chi connectivity index (χ2n) is 13.3. The molecule has 8 rings (SSSR count). The number of nitrogens with zero attached hydrogens (tertiary/aromatic N) is 2. The third-order valence-electron chi connectivity index (χ3n) is 9.82. The number of phenolic OH excluding ortho intramolecular Hbond substituents is 1. The van der Waals surface area contributed by atoms with E-state index in [1.807, 2.05) is 0 Å². The maximum Gasteiger partial charge on any atom is 0.354 e. The van der Waals surface area contributed by atoms with Crippen molar-refractivity contribution in [2.45, 2.75) is 13.1 Å². The summed E-state index contributed by atoms with van der Waals surface area (Å²) < 4.78 is 6.57. The van der Waals surface area contributed by atoms with E-state index in [2.05, 4.69) is 20.6 Å². The summed E-state index contributed by atoms with van der Waals surface area (Å²) in [6.07, 6.45) is 0. The minimum absolute atomic E-state index is 0.0163. The molecule has 0 saturated heterocycles. The monoisotopic (exact) mass is 810 g/mol. The fourth-order valence-electron chi connectivity index (χ4n) is 7.03. The summed E-state index contributed by atoms with van der Waals surface area (Å²) in [7, 11) is 0. The van der Waals surface area contributed by atoms with Gasteiger partial charge in [0.2, 0.25) is 5.43 Å². The number of para-hydroxylation sites is 2. The molecule has 1 aliphatic carbocycles. The number of aromatic carboxylic acids is 4. The Hall–Kier alpha value is -8.04. The summed E-state index contributed by atoms with van der Waals surface area (Å²) in [6.45, 7) is -0.445. The number of aromatic nitrogens is 2. The van der Waals surface area contributed by atoms with Crippen LogP contribution in [0, 0.1) is 0 Å². The van der Waals surface area contributed by atoms with Gasteiger partial charge in [0.05, 0.1) is 49.7 Å². The third-order valence-corrected chi connectivity index (χ3v) is 10.1. The molecule has 0 fully saturated rings. The van der Waals surface area contributed by atoms with Gasteiger partial charge in [-0.2, -0.15) is 0 Å². The molecule has 0 unspecified atom stereocenters. The normalized spacial score (nSPS) is 11.3. The number of halogens is 1. The van der Waals surface area contributed by atoms with E-state index in [9.17, 15) is 49.5 Å². The van der Waals surface area contributed by atoms with E-state index in [0.717, 1.165) is 12.1 Å². The van der Waals surface area contributed by atoms with Gasteiger partial charge in [-0.3, -0.25) is 4.79 Å². The number of rotatable bonds is 11. The van der Waals surface area contributed by atoms with Crippen LogP contribution in [0.3, 0.4) is 0 Å². The van der Waals surface area contributed by atoms with Gasteiger partial charge >= 0.3 is 23.9 Å². The quantitative estimate of drug-likeness (QED) is 0.0611. The molecule has 0 amide bonds. The molecule has 0 saturated carbocycles. The summed E-state index contributed by atoms with van der Waals surface area (Å²) in [5.74, 6) is -5.57. The molecule has 0 bridgehead atoms. The number of pyridine rings is 2. The lowest BCUT2D eigenvalue weighted by molar-refractivity contribution is 0.0680. The minimum atomic E-state index is -1.39. The topological polar surface area (TPSA) is 249 Å². The van der Waals surface area contributed by atoms with Crippen LogP contribution in [0.1, 0.15) is 52.8 Å². The van der Waals surface area contributed by atoms with Gasteiger partial charge in [0.15, 0.2) is 0 Å². The maximum atomic E-state index is 14.0. The van der Waals surface area contributed by atoms with E-state index in [-0.39, 0.29) is 90.9 Å². The predicted molar refractivity (Wildman–Crippen MR) is 217 cm³/mol. The fraction of sp³-hybridized carbons (Fsp3) is 0.0465. The standard InChI is InChI=1S/C43H27ClN4O11/c44-28-16-25-34(24-15-21(40(51)52)7-10-22(24)41(53)54)23-11-14-33(49)26(17-45-29-5-1-3-19-8-12-31(42(55)56)47-35(19)29)38(23)59-39(25)27(37(28)50)18-46-30-6-2-4-20-9-13-32(43(57)58)48-36(20)30/h1-16,45-46,49H,17-18H2,(H,51,52)(H,53,54)(H,55,56)(H,57,58). The van der Waals surface area contributed by atoms with Gasteiger partial charge in [-0.1, -0.05) is 48.0 Å². The van der Waals surface area contributed by atoms with Crippen molar-refractivity contribution in [3.8, 4) is 28.2 Å². The second kappa shape index (κ2) is 14.8. The Bertz CT molecular complexity index is 3150. The number of fused-ring (bicyclic) bond motifs is 4. The first-order valence-electron chi connectivity index (χ1n) is 17.6. The van der Waals surface area contributed by atoms with Crippen LogP contribution in [0.5, 0.6) is 5.75 Å². The first-order valence-corrected chi connectivity index (χ1v) is 18.0. The van der Waals surface area contributed by atoms with Crippen LogP contribution in [-0.4, -0.2) is 59.4 Å². The van der Waals surface area contributed by atoms with Crippen LogP contribution < -0.4 is 16.1 Å². The highest BCUT2D eigenvalue weighted by Crippen LogP contribution is 2.46. The van der Waals surface area contributed by atoms with Gasteiger partial charge in [0.1, 0.15) is 28.5 Å². The second-order valence-corrected chi connectivity index (χ2v) is 13.7. The highest BCUT2D eigenvalue weighted by molar-refractivity contribution is 6.31. The fourth-order valence-corrected chi connectivity index (χ4v) is 7.25. The third kappa shape index (κ3) is 6.80. The number of aromatic hydroxyl groups is 1. The Morgan fingerprint density at radius 3 is 1.80 bits per heavy atom. The summed E-state index contributed by atoms with van der Waals surface area (Å²) in [4.78, 5) is 71.0. The number of benzene rings is 5. The van der Waals surface area contributed by atoms with Crippen molar-refractivity contribution in [2.24, 2.45) is 0 Å². The minimum Gasteiger partial charge on any atom is -0.507 e. The molecule has 292 valence electrons. The van der Waals surface area contributed by atoms with Crippen molar-refractivity contribution < 1.29 is 49.1 Å². The molecule has 0 radical (unpaired) electrons. The Morgan fingerprint density at radius 1 is 0.644 bits per heavy atom. The van der Waals surface area contributed by atoms with Crippen LogP contribution in [0.4, 0.5) is 11.4 Å². The summed E-state index contributed by atoms with van der Waals surface area (Å²) in [5, 5.41) is 58.4. The van der Waals surface area contributed by atoms with Crippen molar-refractivity contribution in [1.29, 1.82) is 0 Å². The molecule has 4 aromatic carbocycles.